The van der Waals surface area contributed by atoms with Gasteiger partial charge in [0.1, 0.15) is 0 Å². The van der Waals surface area contributed by atoms with Crippen LogP contribution in [-0.2, 0) is 4.74 Å². The predicted octanol–water partition coefficient (Wildman–Crippen LogP) is 3.21. The van der Waals surface area contributed by atoms with Gasteiger partial charge in [-0.05, 0) is 62.5 Å². The molecule has 1 atom stereocenters. The molecule has 3 fully saturated rings. The maximum atomic E-state index is 6.33. The second-order valence-corrected chi connectivity index (χ2v) is 7.61. The summed E-state index contributed by atoms with van der Waals surface area (Å²) in [6, 6.07) is 0. The van der Waals surface area contributed by atoms with Crippen LogP contribution in [0.2, 0.25) is 0 Å². The molecule has 1 saturated carbocycles. The van der Waals surface area contributed by atoms with Crippen LogP contribution in [0.15, 0.2) is 0 Å². The van der Waals surface area contributed by atoms with E-state index in [2.05, 4.69) is 17.1 Å². The van der Waals surface area contributed by atoms with Crippen LogP contribution in [0.4, 0.5) is 0 Å². The number of hydrogen-bond donors (Lipinski definition) is 1. The van der Waals surface area contributed by atoms with E-state index in [1.54, 1.807) is 0 Å². The largest absolute Gasteiger partial charge is 0.370 e. The molecule has 0 radical (unpaired) electrons. The first-order valence-corrected chi connectivity index (χ1v) is 8.98. The maximum absolute atomic E-state index is 6.33. The molecule has 1 spiro atoms. The first-order valence-electron chi connectivity index (χ1n) is 7.83. The van der Waals surface area contributed by atoms with Gasteiger partial charge in [0.05, 0.1) is 11.7 Å². The zero-order valence-electron chi connectivity index (χ0n) is 11.5. The standard InChI is InChI=1S/C15H27NOS/c1-2-7-15(6-1)8-3-14(17-15)12-16-11-13-4-9-18-10-5-13/h13-14,16H,1-12H2. The van der Waals surface area contributed by atoms with Crippen LogP contribution in [0.5, 0.6) is 0 Å². The predicted molar refractivity (Wildman–Crippen MR) is 78.2 cm³/mol. The summed E-state index contributed by atoms with van der Waals surface area (Å²) in [5.74, 6) is 3.67. The van der Waals surface area contributed by atoms with E-state index >= 15 is 0 Å². The molecule has 104 valence electrons. The third-order valence-corrected chi connectivity index (χ3v) is 6.05. The van der Waals surface area contributed by atoms with Crippen LogP contribution in [0, 0.1) is 5.92 Å². The van der Waals surface area contributed by atoms with Gasteiger partial charge in [0.25, 0.3) is 0 Å². The summed E-state index contributed by atoms with van der Waals surface area (Å²) in [6.07, 6.45) is 11.3. The highest BCUT2D eigenvalue weighted by molar-refractivity contribution is 7.99. The van der Waals surface area contributed by atoms with Crippen molar-refractivity contribution in [2.45, 2.75) is 63.1 Å². The zero-order chi connectivity index (χ0) is 12.3. The molecule has 2 saturated heterocycles. The topological polar surface area (TPSA) is 21.3 Å². The molecule has 0 aromatic rings. The average Bonchev–Trinajstić information content (AvgIpc) is 3.02. The minimum absolute atomic E-state index is 0.313. The maximum Gasteiger partial charge on any atom is 0.0708 e. The molecule has 0 amide bonds. The summed E-state index contributed by atoms with van der Waals surface area (Å²) in [6.45, 7) is 2.30. The van der Waals surface area contributed by atoms with Crippen molar-refractivity contribution in [3.05, 3.63) is 0 Å². The fourth-order valence-corrected chi connectivity index (χ4v) is 5.03. The third-order valence-electron chi connectivity index (χ3n) is 5.00. The molecule has 2 heterocycles. The Morgan fingerprint density at radius 3 is 2.56 bits per heavy atom. The van der Waals surface area contributed by atoms with E-state index in [0.717, 1.165) is 12.5 Å². The van der Waals surface area contributed by atoms with E-state index in [4.69, 9.17) is 4.74 Å². The zero-order valence-corrected chi connectivity index (χ0v) is 12.3. The van der Waals surface area contributed by atoms with Crippen molar-refractivity contribution in [3.63, 3.8) is 0 Å². The number of rotatable bonds is 4. The van der Waals surface area contributed by atoms with Crippen molar-refractivity contribution < 1.29 is 4.74 Å². The van der Waals surface area contributed by atoms with Crippen molar-refractivity contribution in [1.29, 1.82) is 0 Å². The Kier molecular flexibility index (Phi) is 4.53. The summed E-state index contributed by atoms with van der Waals surface area (Å²) in [5.41, 5.74) is 0.313. The number of thioether (sulfide) groups is 1. The monoisotopic (exact) mass is 269 g/mol. The fraction of sp³-hybridized carbons (Fsp3) is 1.00. The van der Waals surface area contributed by atoms with Gasteiger partial charge in [0.2, 0.25) is 0 Å². The third kappa shape index (κ3) is 3.23. The second kappa shape index (κ2) is 6.15. The van der Waals surface area contributed by atoms with Crippen LogP contribution in [-0.4, -0.2) is 36.3 Å². The molecule has 1 unspecified atom stereocenters. The van der Waals surface area contributed by atoms with Crippen LogP contribution < -0.4 is 5.32 Å². The van der Waals surface area contributed by atoms with Crippen molar-refractivity contribution in [2.75, 3.05) is 24.6 Å². The Balaban J connectivity index is 1.34. The van der Waals surface area contributed by atoms with E-state index in [0.29, 0.717) is 11.7 Å². The molecule has 0 aromatic heterocycles. The van der Waals surface area contributed by atoms with E-state index < -0.39 is 0 Å². The van der Waals surface area contributed by atoms with Crippen molar-refractivity contribution >= 4 is 11.8 Å². The first-order chi connectivity index (χ1) is 8.86. The van der Waals surface area contributed by atoms with Crippen LogP contribution in [0.25, 0.3) is 0 Å². The second-order valence-electron chi connectivity index (χ2n) is 6.38. The Bertz CT molecular complexity index is 259. The molecule has 3 aliphatic rings. The molecule has 18 heavy (non-hydrogen) atoms. The van der Waals surface area contributed by atoms with Gasteiger partial charge in [0, 0.05) is 6.54 Å². The Hall–Kier alpha value is 0.270. The van der Waals surface area contributed by atoms with Gasteiger partial charge in [-0.15, -0.1) is 0 Å². The van der Waals surface area contributed by atoms with Gasteiger partial charge >= 0.3 is 0 Å². The van der Waals surface area contributed by atoms with Crippen molar-refractivity contribution in [3.8, 4) is 0 Å². The lowest BCUT2D eigenvalue weighted by Crippen LogP contribution is -2.34. The van der Waals surface area contributed by atoms with Gasteiger partial charge in [-0.1, -0.05) is 12.8 Å². The Morgan fingerprint density at radius 1 is 1.00 bits per heavy atom. The van der Waals surface area contributed by atoms with E-state index in [1.807, 2.05) is 0 Å². The van der Waals surface area contributed by atoms with Gasteiger partial charge in [-0.2, -0.15) is 11.8 Å². The molecule has 3 heteroatoms. The molecular weight excluding hydrogens is 242 g/mol. The summed E-state index contributed by atoms with van der Waals surface area (Å²) in [4.78, 5) is 0. The van der Waals surface area contributed by atoms with Gasteiger partial charge in [-0.3, -0.25) is 0 Å². The van der Waals surface area contributed by atoms with Crippen LogP contribution >= 0.6 is 11.8 Å². The number of ether oxygens (including phenoxy) is 1. The van der Waals surface area contributed by atoms with Gasteiger partial charge < -0.3 is 10.1 Å². The van der Waals surface area contributed by atoms with Crippen LogP contribution in [0.1, 0.15) is 51.4 Å². The lowest BCUT2D eigenvalue weighted by Gasteiger charge is -2.25. The minimum atomic E-state index is 0.313. The van der Waals surface area contributed by atoms with E-state index in [-0.39, 0.29) is 0 Å². The SMILES string of the molecule is C1CCC2(C1)CCC(CNCC1CCSCC1)O2. The number of nitrogens with one attached hydrogen (secondary N) is 1. The lowest BCUT2D eigenvalue weighted by atomic mass is 9.98. The summed E-state index contributed by atoms with van der Waals surface area (Å²) in [7, 11) is 0. The highest BCUT2D eigenvalue weighted by Gasteiger charge is 2.41. The summed E-state index contributed by atoms with van der Waals surface area (Å²) >= 11 is 2.12. The molecule has 2 aliphatic heterocycles. The quantitative estimate of drug-likeness (QED) is 0.847. The van der Waals surface area contributed by atoms with Crippen molar-refractivity contribution in [2.24, 2.45) is 5.92 Å². The Morgan fingerprint density at radius 2 is 1.78 bits per heavy atom. The highest BCUT2D eigenvalue weighted by Crippen LogP contribution is 2.43. The normalized spacial score (nSPS) is 32.3. The van der Waals surface area contributed by atoms with E-state index in [1.165, 1.54) is 69.4 Å². The van der Waals surface area contributed by atoms with Crippen LogP contribution in [0.3, 0.4) is 0 Å². The molecule has 1 aliphatic carbocycles. The summed E-state index contributed by atoms with van der Waals surface area (Å²) in [5, 5.41) is 3.67. The lowest BCUT2D eigenvalue weighted by molar-refractivity contribution is -0.0352. The molecule has 2 nitrogen and oxygen atoms in total. The summed E-state index contributed by atoms with van der Waals surface area (Å²) < 4.78 is 6.33. The first kappa shape index (κ1) is 13.3. The average molecular weight is 269 g/mol. The molecule has 0 bridgehead atoms. The van der Waals surface area contributed by atoms with Crippen molar-refractivity contribution in [1.82, 2.24) is 5.32 Å². The smallest absolute Gasteiger partial charge is 0.0708 e. The molecule has 0 aromatic carbocycles. The molecule has 1 N–H and O–H groups in total. The minimum Gasteiger partial charge on any atom is -0.370 e. The highest BCUT2D eigenvalue weighted by atomic mass is 32.2. The van der Waals surface area contributed by atoms with E-state index in [9.17, 15) is 0 Å². The van der Waals surface area contributed by atoms with Gasteiger partial charge in [0.15, 0.2) is 0 Å². The molecule has 3 rings (SSSR count). The molecular formula is C15H27NOS. The Labute approximate surface area is 116 Å². The van der Waals surface area contributed by atoms with Gasteiger partial charge in [-0.25, -0.2) is 0 Å². The number of hydrogen-bond acceptors (Lipinski definition) is 3. The fourth-order valence-electron chi connectivity index (χ4n) is 3.83.